The molecule has 0 saturated carbocycles. The van der Waals surface area contributed by atoms with Crippen LogP contribution in [-0.4, -0.2) is 71.0 Å². The number of benzene rings is 1. The molecule has 0 radical (unpaired) electrons. The van der Waals surface area contributed by atoms with E-state index in [0.29, 0.717) is 5.92 Å². The lowest BCUT2D eigenvalue weighted by Crippen LogP contribution is -2.44. The van der Waals surface area contributed by atoms with Gasteiger partial charge < -0.3 is 20.1 Å². The zero-order valence-electron chi connectivity index (χ0n) is 17.1. The molecule has 0 spiro atoms. The Bertz CT molecular complexity index is 577. The number of nitrogens with one attached hydrogen (secondary N) is 2. The minimum Gasteiger partial charge on any atom is -0.496 e. The van der Waals surface area contributed by atoms with E-state index in [1.54, 1.807) is 7.11 Å². The molecule has 154 valence electrons. The Hall–Kier alpha value is -1.06. The summed E-state index contributed by atoms with van der Waals surface area (Å²) in [6.07, 6.45) is 0.898. The summed E-state index contributed by atoms with van der Waals surface area (Å²) < 4.78 is 10.9. The number of aryl methyl sites for hydroxylation is 1. The summed E-state index contributed by atoms with van der Waals surface area (Å²) in [5.74, 6) is 2.36. The summed E-state index contributed by atoms with van der Waals surface area (Å²) in [6, 6.07) is 6.29. The quantitative estimate of drug-likeness (QED) is 0.333. The average Bonchev–Trinajstić information content (AvgIpc) is 2.65. The average molecular weight is 490 g/mol. The van der Waals surface area contributed by atoms with Gasteiger partial charge in [-0.15, -0.1) is 24.0 Å². The van der Waals surface area contributed by atoms with Crippen molar-refractivity contribution in [3.05, 3.63) is 29.3 Å². The normalized spacial score (nSPS) is 16.4. The van der Waals surface area contributed by atoms with E-state index in [-0.39, 0.29) is 24.0 Å². The van der Waals surface area contributed by atoms with E-state index < -0.39 is 0 Å². The summed E-state index contributed by atoms with van der Waals surface area (Å²) in [5.41, 5.74) is 2.47. The van der Waals surface area contributed by atoms with Crippen LogP contribution in [0.4, 0.5) is 0 Å². The molecule has 2 rings (SSSR count). The Balaban J connectivity index is 0.00000364. The van der Waals surface area contributed by atoms with Crippen molar-refractivity contribution in [3.63, 3.8) is 0 Å². The molecule has 0 aromatic heterocycles. The minimum atomic E-state index is 0. The first-order valence-electron chi connectivity index (χ1n) is 9.50. The molecule has 1 aromatic rings. The van der Waals surface area contributed by atoms with E-state index in [1.165, 1.54) is 11.1 Å². The van der Waals surface area contributed by atoms with Crippen LogP contribution in [0.5, 0.6) is 5.75 Å². The Morgan fingerprint density at radius 3 is 2.70 bits per heavy atom. The smallest absolute Gasteiger partial charge is 0.190 e. The SMILES string of the molecule is CN=C(NCCc1cc(C)ccc1OC)NCC(C)CN1CCOCC1.I. The number of hydrogen-bond acceptors (Lipinski definition) is 4. The molecule has 7 heteroatoms. The van der Waals surface area contributed by atoms with E-state index in [0.717, 1.165) is 64.1 Å². The highest BCUT2D eigenvalue weighted by atomic mass is 127. The van der Waals surface area contributed by atoms with Crippen LogP contribution in [0.25, 0.3) is 0 Å². The van der Waals surface area contributed by atoms with Gasteiger partial charge in [-0.3, -0.25) is 9.89 Å². The molecule has 0 aliphatic carbocycles. The summed E-state index contributed by atoms with van der Waals surface area (Å²) >= 11 is 0. The van der Waals surface area contributed by atoms with Crippen LogP contribution in [0, 0.1) is 12.8 Å². The van der Waals surface area contributed by atoms with Gasteiger partial charge in [0.15, 0.2) is 5.96 Å². The van der Waals surface area contributed by atoms with Crippen molar-refractivity contribution in [1.82, 2.24) is 15.5 Å². The highest BCUT2D eigenvalue weighted by Gasteiger charge is 2.14. The van der Waals surface area contributed by atoms with Gasteiger partial charge in [0.2, 0.25) is 0 Å². The lowest BCUT2D eigenvalue weighted by molar-refractivity contribution is 0.0320. The van der Waals surface area contributed by atoms with E-state index in [9.17, 15) is 0 Å². The standard InChI is InChI=1S/C20H34N4O2.HI/c1-16-5-6-19(25-4)18(13-16)7-8-22-20(21-3)23-14-17(2)15-24-9-11-26-12-10-24;/h5-6,13,17H,7-12,14-15H2,1-4H3,(H2,21,22,23);1H. The van der Waals surface area contributed by atoms with Crippen LogP contribution in [0.2, 0.25) is 0 Å². The first-order valence-corrected chi connectivity index (χ1v) is 9.50. The number of ether oxygens (including phenoxy) is 2. The van der Waals surface area contributed by atoms with Crippen molar-refractivity contribution in [1.29, 1.82) is 0 Å². The second-order valence-corrected chi connectivity index (χ2v) is 6.96. The predicted molar refractivity (Wildman–Crippen MR) is 123 cm³/mol. The molecule has 27 heavy (non-hydrogen) atoms. The lowest BCUT2D eigenvalue weighted by atomic mass is 10.1. The molecule has 1 aromatic carbocycles. The molecule has 6 nitrogen and oxygen atoms in total. The Morgan fingerprint density at radius 1 is 1.30 bits per heavy atom. The molecular formula is C20H35IN4O2. The van der Waals surface area contributed by atoms with Gasteiger partial charge in [-0.1, -0.05) is 24.6 Å². The van der Waals surface area contributed by atoms with Gasteiger partial charge >= 0.3 is 0 Å². The number of hydrogen-bond donors (Lipinski definition) is 2. The number of methoxy groups -OCH3 is 1. The molecule has 0 bridgehead atoms. The molecule has 1 fully saturated rings. The summed E-state index contributed by atoms with van der Waals surface area (Å²) in [5, 5.41) is 6.83. The van der Waals surface area contributed by atoms with Crippen LogP contribution in [0.3, 0.4) is 0 Å². The lowest BCUT2D eigenvalue weighted by Gasteiger charge is -2.29. The first-order chi connectivity index (χ1) is 12.6. The van der Waals surface area contributed by atoms with E-state index in [2.05, 4.69) is 46.5 Å². The van der Waals surface area contributed by atoms with E-state index in [1.807, 2.05) is 13.1 Å². The second kappa shape index (κ2) is 13.2. The third-order valence-electron chi connectivity index (χ3n) is 4.64. The number of guanidine groups is 1. The number of rotatable bonds is 8. The van der Waals surface area contributed by atoms with Crippen LogP contribution in [-0.2, 0) is 11.2 Å². The topological polar surface area (TPSA) is 58.1 Å². The van der Waals surface area contributed by atoms with Gasteiger partial charge in [0.05, 0.1) is 20.3 Å². The zero-order chi connectivity index (χ0) is 18.8. The maximum atomic E-state index is 5.45. The fourth-order valence-corrected chi connectivity index (χ4v) is 3.20. The molecule has 2 N–H and O–H groups in total. The maximum absolute atomic E-state index is 5.45. The molecule has 1 aliphatic rings. The van der Waals surface area contributed by atoms with Crippen LogP contribution >= 0.6 is 24.0 Å². The van der Waals surface area contributed by atoms with Crippen molar-refractivity contribution in [2.24, 2.45) is 10.9 Å². The molecule has 1 aliphatic heterocycles. The van der Waals surface area contributed by atoms with Crippen LogP contribution < -0.4 is 15.4 Å². The molecule has 0 amide bonds. The number of nitrogens with zero attached hydrogens (tertiary/aromatic N) is 2. The van der Waals surface area contributed by atoms with Crippen LogP contribution in [0.15, 0.2) is 23.2 Å². The molecule has 1 heterocycles. The second-order valence-electron chi connectivity index (χ2n) is 6.96. The zero-order valence-corrected chi connectivity index (χ0v) is 19.4. The van der Waals surface area contributed by atoms with Crippen LogP contribution in [0.1, 0.15) is 18.1 Å². The Labute approximate surface area is 181 Å². The largest absolute Gasteiger partial charge is 0.496 e. The highest BCUT2D eigenvalue weighted by molar-refractivity contribution is 14.0. The minimum absolute atomic E-state index is 0. The number of morpholine rings is 1. The van der Waals surface area contributed by atoms with Crippen molar-refractivity contribution < 1.29 is 9.47 Å². The third kappa shape index (κ3) is 8.66. The van der Waals surface area contributed by atoms with E-state index >= 15 is 0 Å². The predicted octanol–water partition coefficient (Wildman–Crippen LogP) is 2.30. The molecule has 1 atom stereocenters. The van der Waals surface area contributed by atoms with Gasteiger partial charge in [-0.2, -0.15) is 0 Å². The molecule has 1 saturated heterocycles. The van der Waals surface area contributed by atoms with Gasteiger partial charge in [-0.25, -0.2) is 0 Å². The monoisotopic (exact) mass is 490 g/mol. The van der Waals surface area contributed by atoms with Gasteiger partial charge in [-0.05, 0) is 30.9 Å². The van der Waals surface area contributed by atoms with E-state index in [4.69, 9.17) is 9.47 Å². The van der Waals surface area contributed by atoms with Crippen molar-refractivity contribution in [3.8, 4) is 5.75 Å². The number of aliphatic imine (C=N–C) groups is 1. The highest BCUT2D eigenvalue weighted by Crippen LogP contribution is 2.19. The number of halogens is 1. The summed E-state index contributed by atoms with van der Waals surface area (Å²) in [7, 11) is 3.53. The maximum Gasteiger partial charge on any atom is 0.190 e. The molecular weight excluding hydrogens is 455 g/mol. The molecule has 1 unspecified atom stereocenters. The van der Waals surface area contributed by atoms with Gasteiger partial charge in [0.1, 0.15) is 5.75 Å². The first kappa shape index (κ1) is 24.0. The Morgan fingerprint density at radius 2 is 2.04 bits per heavy atom. The fraction of sp³-hybridized carbons (Fsp3) is 0.650. The Kier molecular flexibility index (Phi) is 11.7. The van der Waals surface area contributed by atoms with Crippen molar-refractivity contribution in [2.45, 2.75) is 20.3 Å². The third-order valence-corrected chi connectivity index (χ3v) is 4.64. The summed E-state index contributed by atoms with van der Waals surface area (Å²) in [4.78, 5) is 6.80. The van der Waals surface area contributed by atoms with Gasteiger partial charge in [0, 0.05) is 39.8 Å². The summed E-state index contributed by atoms with van der Waals surface area (Å²) in [6.45, 7) is 11.0. The van der Waals surface area contributed by atoms with Gasteiger partial charge in [0.25, 0.3) is 0 Å². The van der Waals surface area contributed by atoms with Crippen molar-refractivity contribution >= 4 is 29.9 Å². The fourth-order valence-electron chi connectivity index (χ4n) is 3.20. The van der Waals surface area contributed by atoms with Crippen molar-refractivity contribution in [2.75, 3.05) is 60.1 Å².